The highest BCUT2D eigenvalue weighted by atomic mass is 79.9. The van der Waals surface area contributed by atoms with Crippen molar-refractivity contribution in [3.63, 3.8) is 0 Å². The van der Waals surface area contributed by atoms with Gasteiger partial charge in [-0.05, 0) is 46.5 Å². The molecule has 3 rings (SSSR count). The molecule has 0 aromatic carbocycles. The third-order valence-electron chi connectivity index (χ3n) is 7.07. The second kappa shape index (κ2) is 10.7. The summed E-state index contributed by atoms with van der Waals surface area (Å²) < 4.78 is 4.89. The van der Waals surface area contributed by atoms with Gasteiger partial charge in [0.1, 0.15) is 6.04 Å². The second-order valence-corrected chi connectivity index (χ2v) is 13.0. The van der Waals surface area contributed by atoms with Gasteiger partial charge >= 0.3 is 5.97 Å². The van der Waals surface area contributed by atoms with Crippen LogP contribution in [0.15, 0.2) is 25.3 Å². The normalized spacial score (nSPS) is 32.0. The zero-order valence-electron chi connectivity index (χ0n) is 20.4. The molecule has 190 valence electrons. The van der Waals surface area contributed by atoms with E-state index in [0.717, 1.165) is 19.3 Å². The molecule has 6 atom stereocenters. The lowest BCUT2D eigenvalue weighted by atomic mass is 9.71. The molecule has 1 spiro atoms. The summed E-state index contributed by atoms with van der Waals surface area (Å²) in [7, 11) is 0. The lowest BCUT2D eigenvalue weighted by molar-refractivity contribution is -0.154. The zero-order valence-corrected chi connectivity index (χ0v) is 22.8. The van der Waals surface area contributed by atoms with Crippen molar-refractivity contribution in [2.24, 2.45) is 11.8 Å². The number of hydrogen-bond donors (Lipinski definition) is 1. The van der Waals surface area contributed by atoms with Gasteiger partial charge in [0.15, 0.2) is 0 Å². The number of halogens is 1. The van der Waals surface area contributed by atoms with E-state index in [2.05, 4.69) is 29.1 Å². The van der Waals surface area contributed by atoms with Crippen molar-refractivity contribution < 1.29 is 24.2 Å². The maximum atomic E-state index is 14.0. The fraction of sp³-hybridized carbons (Fsp3) is 0.720. The lowest BCUT2D eigenvalue weighted by Gasteiger charge is -2.42. The first-order chi connectivity index (χ1) is 16.0. The highest BCUT2D eigenvalue weighted by Crippen LogP contribution is 2.68. The number of carbonyl (C=O) groups excluding carboxylic acids is 3. The quantitative estimate of drug-likeness (QED) is 0.182. The minimum absolute atomic E-state index is 0.00765. The monoisotopic (exact) mass is 556 g/mol. The van der Waals surface area contributed by atoms with Crippen LogP contribution in [0.3, 0.4) is 0 Å². The summed E-state index contributed by atoms with van der Waals surface area (Å²) >= 11 is 5.32. The number of allylic oxidation sites excluding steroid dienone is 1. The van der Waals surface area contributed by atoms with Crippen LogP contribution in [0, 0.1) is 11.8 Å². The van der Waals surface area contributed by atoms with E-state index in [-0.39, 0.29) is 41.0 Å². The number of aliphatic hydroxyl groups excluding tert-OH is 1. The van der Waals surface area contributed by atoms with Gasteiger partial charge in [0, 0.05) is 28.7 Å². The average molecular weight is 558 g/mol. The van der Waals surface area contributed by atoms with Crippen molar-refractivity contribution in [3.05, 3.63) is 25.3 Å². The smallest absolute Gasteiger partial charge is 0.310 e. The minimum atomic E-state index is -0.753. The van der Waals surface area contributed by atoms with Crippen molar-refractivity contribution in [2.75, 3.05) is 26.3 Å². The van der Waals surface area contributed by atoms with Crippen LogP contribution < -0.4 is 0 Å². The Morgan fingerprint density at radius 3 is 2.62 bits per heavy atom. The second-order valence-electron chi connectivity index (χ2n) is 10.3. The number of fused-ring (bicyclic) bond motifs is 1. The van der Waals surface area contributed by atoms with E-state index in [1.165, 1.54) is 4.90 Å². The van der Waals surface area contributed by atoms with Gasteiger partial charge in [0.05, 0.1) is 29.8 Å². The zero-order chi connectivity index (χ0) is 25.3. The fourth-order valence-corrected chi connectivity index (χ4v) is 9.25. The number of thioether (sulfide) groups is 1. The number of ether oxygens (including phenoxy) is 1. The van der Waals surface area contributed by atoms with Gasteiger partial charge in [-0.2, -0.15) is 0 Å². The van der Waals surface area contributed by atoms with Crippen LogP contribution in [-0.4, -0.2) is 85.4 Å². The Balaban J connectivity index is 1.94. The molecule has 3 unspecified atom stereocenters. The van der Waals surface area contributed by atoms with E-state index in [0.29, 0.717) is 19.6 Å². The summed E-state index contributed by atoms with van der Waals surface area (Å²) in [5.74, 6) is -2.01. The van der Waals surface area contributed by atoms with Gasteiger partial charge in [-0.15, -0.1) is 24.9 Å². The first kappa shape index (κ1) is 27.3. The molecule has 0 aromatic heterocycles. The van der Waals surface area contributed by atoms with Gasteiger partial charge in [-0.1, -0.05) is 28.1 Å². The number of amides is 2. The van der Waals surface area contributed by atoms with E-state index in [9.17, 15) is 19.5 Å². The predicted octanol–water partition coefficient (Wildman–Crippen LogP) is 3.16. The molecule has 0 saturated carbocycles. The number of hydrogen-bond acceptors (Lipinski definition) is 6. The maximum Gasteiger partial charge on any atom is 0.310 e. The third-order valence-corrected chi connectivity index (χ3v) is 10.3. The number of likely N-dealkylation sites (tertiary alicyclic amines) is 1. The van der Waals surface area contributed by atoms with Crippen LogP contribution >= 0.6 is 27.7 Å². The minimum Gasteiger partial charge on any atom is -0.465 e. The summed E-state index contributed by atoms with van der Waals surface area (Å²) in [6.45, 7) is 13.8. The Hall–Kier alpha value is -1.32. The van der Waals surface area contributed by atoms with E-state index in [1.54, 1.807) is 22.7 Å². The van der Waals surface area contributed by atoms with Gasteiger partial charge in [0.2, 0.25) is 11.8 Å². The van der Waals surface area contributed by atoms with Crippen molar-refractivity contribution in [1.29, 1.82) is 0 Å². The van der Waals surface area contributed by atoms with Crippen molar-refractivity contribution >= 4 is 45.5 Å². The van der Waals surface area contributed by atoms with Crippen LogP contribution in [0.2, 0.25) is 0 Å². The van der Waals surface area contributed by atoms with Crippen molar-refractivity contribution in [2.45, 2.75) is 72.9 Å². The van der Waals surface area contributed by atoms with Crippen LogP contribution in [-0.2, 0) is 19.1 Å². The number of esters is 1. The first-order valence-electron chi connectivity index (χ1n) is 12.0. The highest BCUT2D eigenvalue weighted by Gasteiger charge is 2.76. The van der Waals surface area contributed by atoms with E-state index >= 15 is 0 Å². The SMILES string of the molecule is C=CCCCCOC(=O)[C@H]1[C@H]2C(=O)N(CCO)C(C(=O)N(CC=C)C(C)(C)C)C23CC(Br)[C@@H]1S3. The Morgan fingerprint density at radius 2 is 2.03 bits per heavy atom. The summed E-state index contributed by atoms with van der Waals surface area (Å²) in [6.07, 6.45) is 6.62. The fourth-order valence-electron chi connectivity index (χ4n) is 5.66. The number of aliphatic hydroxyl groups is 1. The molecule has 34 heavy (non-hydrogen) atoms. The number of unbranched alkanes of at least 4 members (excludes halogenated alkanes) is 2. The summed E-state index contributed by atoms with van der Waals surface area (Å²) in [5, 5.41) is 9.61. The molecule has 0 radical (unpaired) electrons. The van der Waals surface area contributed by atoms with E-state index in [1.807, 2.05) is 26.8 Å². The summed E-state index contributed by atoms with van der Waals surface area (Å²) in [4.78, 5) is 44.2. The van der Waals surface area contributed by atoms with Gasteiger partial charge < -0.3 is 19.6 Å². The third kappa shape index (κ3) is 4.72. The van der Waals surface area contributed by atoms with Gasteiger partial charge in [-0.25, -0.2) is 0 Å². The van der Waals surface area contributed by atoms with Crippen LogP contribution in [0.5, 0.6) is 0 Å². The van der Waals surface area contributed by atoms with Crippen LogP contribution in [0.1, 0.15) is 46.5 Å². The number of nitrogens with zero attached hydrogens (tertiary/aromatic N) is 2. The van der Waals surface area contributed by atoms with E-state index < -0.39 is 28.2 Å². The molecule has 3 aliphatic rings. The Bertz CT molecular complexity index is 831. The number of alkyl halides is 1. The van der Waals surface area contributed by atoms with Crippen LogP contribution in [0.25, 0.3) is 0 Å². The Morgan fingerprint density at radius 1 is 1.32 bits per heavy atom. The molecule has 3 saturated heterocycles. The summed E-state index contributed by atoms with van der Waals surface area (Å²) in [6, 6.07) is -0.753. The molecule has 9 heteroatoms. The molecule has 7 nitrogen and oxygen atoms in total. The number of carbonyl (C=O) groups is 3. The molecular formula is C25H37BrN2O5S. The molecular weight excluding hydrogens is 520 g/mol. The topological polar surface area (TPSA) is 87.1 Å². The molecule has 3 aliphatic heterocycles. The average Bonchev–Trinajstić information content (AvgIpc) is 3.35. The highest BCUT2D eigenvalue weighted by molar-refractivity contribution is 9.09. The van der Waals surface area contributed by atoms with Crippen molar-refractivity contribution in [3.8, 4) is 0 Å². The lowest BCUT2D eigenvalue weighted by Crippen LogP contribution is -2.59. The number of rotatable bonds is 11. The van der Waals surface area contributed by atoms with Crippen LogP contribution in [0.4, 0.5) is 0 Å². The number of β-amino-alcohol motifs (C(OH)–C–C–N with tert-alkyl or cyclic N) is 1. The Kier molecular flexibility index (Phi) is 8.62. The maximum absolute atomic E-state index is 14.0. The van der Waals surface area contributed by atoms with Gasteiger partial charge in [0.25, 0.3) is 0 Å². The molecule has 2 bridgehead atoms. The standard InChI is InChI=1S/C25H37BrN2O5S/c1-6-8-9-10-14-33-23(32)17-18-21(30)27(12-13-29)20(25(18)15-16(26)19(17)34-25)22(31)28(11-7-2)24(3,4)5/h6-7,16-20,29H,1-2,8-15H2,3-5H3/t16?,17-,18-,19-,20?,25?/m0/s1. The van der Waals surface area contributed by atoms with E-state index in [4.69, 9.17) is 4.74 Å². The molecule has 2 amide bonds. The molecule has 3 heterocycles. The van der Waals surface area contributed by atoms with Gasteiger partial charge in [-0.3, -0.25) is 14.4 Å². The first-order valence-corrected chi connectivity index (χ1v) is 13.8. The summed E-state index contributed by atoms with van der Waals surface area (Å²) in [5.41, 5.74) is -0.479. The molecule has 0 aromatic rings. The molecule has 0 aliphatic carbocycles. The predicted molar refractivity (Wildman–Crippen MR) is 138 cm³/mol. The molecule has 1 N–H and O–H groups in total. The Labute approximate surface area is 215 Å². The molecule has 3 fully saturated rings. The largest absolute Gasteiger partial charge is 0.465 e. The van der Waals surface area contributed by atoms with Crippen molar-refractivity contribution in [1.82, 2.24) is 9.80 Å².